The lowest BCUT2D eigenvalue weighted by molar-refractivity contribution is -0.137. The molecule has 1 fully saturated rings. The van der Waals surface area contributed by atoms with Crippen LogP contribution in [-0.4, -0.2) is 36.6 Å². The van der Waals surface area contributed by atoms with Crippen LogP contribution in [0.4, 0.5) is 0 Å². The van der Waals surface area contributed by atoms with E-state index in [2.05, 4.69) is 5.32 Å². The second-order valence-corrected chi connectivity index (χ2v) is 4.62. The van der Waals surface area contributed by atoms with Gasteiger partial charge in [-0.25, -0.2) is 0 Å². The van der Waals surface area contributed by atoms with Gasteiger partial charge in [0.15, 0.2) is 11.5 Å². The first-order valence-corrected chi connectivity index (χ1v) is 6.07. The molecule has 0 aromatic heterocycles. The van der Waals surface area contributed by atoms with Gasteiger partial charge in [-0.05, 0) is 17.7 Å². The van der Waals surface area contributed by atoms with Gasteiger partial charge in [0.25, 0.3) is 0 Å². The van der Waals surface area contributed by atoms with Gasteiger partial charge in [0.05, 0.1) is 12.5 Å². The van der Waals surface area contributed by atoms with E-state index in [9.17, 15) is 9.59 Å². The maximum Gasteiger partial charge on any atom is 0.246 e. The molecule has 1 atom stereocenters. The van der Waals surface area contributed by atoms with E-state index in [4.69, 9.17) is 9.47 Å². The molecule has 0 spiro atoms. The number of hydrogen-bond acceptors (Lipinski definition) is 5. The Hall–Kier alpha value is -2.08. The number of amides is 2. The Morgan fingerprint density at radius 3 is 2.84 bits per heavy atom. The average molecular weight is 262 g/mol. The molecule has 2 aliphatic heterocycles. The summed E-state index contributed by atoms with van der Waals surface area (Å²) in [6, 6.07) is 5.20. The molecule has 1 unspecified atom stereocenters. The molecule has 6 nitrogen and oxygen atoms in total. The lowest BCUT2D eigenvalue weighted by atomic mass is 10.1. The largest absolute Gasteiger partial charge is 0.454 e. The van der Waals surface area contributed by atoms with Crippen LogP contribution in [0.3, 0.4) is 0 Å². The number of carbonyl (C=O) groups excluding carboxylic acids is 2. The van der Waals surface area contributed by atoms with Gasteiger partial charge in [0, 0.05) is 13.6 Å². The molecule has 0 bridgehead atoms. The molecule has 2 amide bonds. The average Bonchev–Trinajstić information content (AvgIpc) is 2.96. The third kappa shape index (κ3) is 2.15. The number of carbonyl (C=O) groups is 2. The minimum absolute atomic E-state index is 0.145. The Kier molecular flexibility index (Phi) is 2.87. The summed E-state index contributed by atoms with van der Waals surface area (Å²) in [6.45, 7) is 0.751. The summed E-state index contributed by atoms with van der Waals surface area (Å²) < 4.78 is 10.5. The van der Waals surface area contributed by atoms with E-state index in [-0.39, 0.29) is 25.0 Å². The predicted molar refractivity (Wildman–Crippen MR) is 65.6 cm³/mol. The third-order valence-corrected chi connectivity index (χ3v) is 3.37. The molecule has 3 rings (SSSR count). The van der Waals surface area contributed by atoms with Gasteiger partial charge < -0.3 is 14.8 Å². The quantitative estimate of drug-likeness (QED) is 0.791. The smallest absolute Gasteiger partial charge is 0.246 e. The predicted octanol–water partition coefficient (Wildman–Crippen LogP) is 0.262. The fraction of sp³-hybridized carbons (Fsp3) is 0.385. The minimum atomic E-state index is -0.428. The third-order valence-electron chi connectivity index (χ3n) is 3.37. The number of ether oxygens (including phenoxy) is 2. The van der Waals surface area contributed by atoms with Crippen molar-refractivity contribution in [2.45, 2.75) is 19.0 Å². The molecule has 1 aromatic carbocycles. The maximum atomic E-state index is 11.7. The number of imide groups is 1. The van der Waals surface area contributed by atoms with Crippen LogP contribution in [0.1, 0.15) is 12.0 Å². The Morgan fingerprint density at radius 2 is 2.11 bits per heavy atom. The van der Waals surface area contributed by atoms with Crippen LogP contribution in [0.25, 0.3) is 0 Å². The van der Waals surface area contributed by atoms with Crippen molar-refractivity contribution < 1.29 is 19.1 Å². The van der Waals surface area contributed by atoms with Crippen molar-refractivity contribution >= 4 is 11.8 Å². The van der Waals surface area contributed by atoms with Crippen molar-refractivity contribution in [3.63, 3.8) is 0 Å². The van der Waals surface area contributed by atoms with Crippen LogP contribution < -0.4 is 14.8 Å². The van der Waals surface area contributed by atoms with E-state index < -0.39 is 6.04 Å². The Bertz CT molecular complexity index is 543. The highest BCUT2D eigenvalue weighted by molar-refractivity contribution is 6.05. The van der Waals surface area contributed by atoms with Crippen molar-refractivity contribution in [2.75, 3.05) is 13.8 Å². The van der Waals surface area contributed by atoms with Gasteiger partial charge in [0.2, 0.25) is 18.6 Å². The number of hydrogen-bond donors (Lipinski definition) is 1. The molecule has 2 heterocycles. The monoisotopic (exact) mass is 262 g/mol. The topological polar surface area (TPSA) is 67.9 Å². The number of rotatable bonds is 3. The maximum absolute atomic E-state index is 11.7. The van der Waals surface area contributed by atoms with E-state index in [1.807, 2.05) is 18.2 Å². The molecule has 1 saturated heterocycles. The zero-order valence-corrected chi connectivity index (χ0v) is 10.5. The highest BCUT2D eigenvalue weighted by Crippen LogP contribution is 2.32. The summed E-state index contributed by atoms with van der Waals surface area (Å²) in [4.78, 5) is 24.3. The fourth-order valence-corrected chi connectivity index (χ4v) is 2.21. The number of fused-ring (bicyclic) bond motifs is 1. The zero-order valence-electron chi connectivity index (χ0n) is 10.5. The second kappa shape index (κ2) is 4.55. The minimum Gasteiger partial charge on any atom is -0.454 e. The summed E-state index contributed by atoms with van der Waals surface area (Å²) in [7, 11) is 1.51. The normalized spacial score (nSPS) is 21.3. The lowest BCUT2D eigenvalue weighted by Crippen LogP contribution is -2.36. The van der Waals surface area contributed by atoms with Gasteiger partial charge in [-0.15, -0.1) is 0 Å². The highest BCUT2D eigenvalue weighted by atomic mass is 16.7. The van der Waals surface area contributed by atoms with Gasteiger partial charge in [0.1, 0.15) is 0 Å². The van der Waals surface area contributed by atoms with Gasteiger partial charge in [-0.2, -0.15) is 0 Å². The van der Waals surface area contributed by atoms with E-state index in [0.717, 1.165) is 16.2 Å². The Balaban J connectivity index is 1.64. The molecule has 0 saturated carbocycles. The lowest BCUT2D eigenvalue weighted by Gasteiger charge is -2.11. The van der Waals surface area contributed by atoms with E-state index in [1.165, 1.54) is 7.05 Å². The van der Waals surface area contributed by atoms with Gasteiger partial charge in [-0.3, -0.25) is 14.5 Å². The fourth-order valence-electron chi connectivity index (χ4n) is 2.21. The van der Waals surface area contributed by atoms with E-state index in [1.54, 1.807) is 0 Å². The molecule has 19 heavy (non-hydrogen) atoms. The highest BCUT2D eigenvalue weighted by Gasteiger charge is 2.35. The zero-order chi connectivity index (χ0) is 13.4. The van der Waals surface area contributed by atoms with Gasteiger partial charge in [-0.1, -0.05) is 6.07 Å². The summed E-state index contributed by atoms with van der Waals surface area (Å²) in [6.07, 6.45) is 0.222. The molecule has 1 N–H and O–H groups in total. The van der Waals surface area contributed by atoms with E-state index >= 15 is 0 Å². The van der Waals surface area contributed by atoms with Crippen molar-refractivity contribution in [3.8, 4) is 11.5 Å². The summed E-state index contributed by atoms with van der Waals surface area (Å²) >= 11 is 0. The van der Waals surface area contributed by atoms with Crippen molar-refractivity contribution in [1.82, 2.24) is 10.2 Å². The second-order valence-electron chi connectivity index (χ2n) is 4.62. The molecule has 0 radical (unpaired) electrons. The first kappa shape index (κ1) is 12.0. The Morgan fingerprint density at radius 1 is 1.32 bits per heavy atom. The van der Waals surface area contributed by atoms with Crippen LogP contribution in [0.15, 0.2) is 18.2 Å². The van der Waals surface area contributed by atoms with Crippen LogP contribution in [0.2, 0.25) is 0 Å². The van der Waals surface area contributed by atoms with E-state index in [0.29, 0.717) is 12.3 Å². The standard InChI is InChI=1S/C13H14N2O4/c1-15-12(16)5-9(13(15)17)14-6-8-2-3-10-11(4-8)19-7-18-10/h2-4,9,14H,5-7H2,1H3. The number of likely N-dealkylation sites (N-methyl/N-ethyl adjacent to an activating group) is 1. The SMILES string of the molecule is CN1C(=O)CC(NCc2ccc3c(c2)OCO3)C1=O. The molecule has 2 aliphatic rings. The summed E-state index contributed by atoms with van der Waals surface area (Å²) in [5, 5.41) is 3.09. The molecule has 0 aliphatic carbocycles. The molecular weight excluding hydrogens is 248 g/mol. The number of nitrogens with zero attached hydrogens (tertiary/aromatic N) is 1. The molecule has 100 valence electrons. The summed E-state index contributed by atoms with van der Waals surface area (Å²) in [5.41, 5.74) is 0.985. The summed E-state index contributed by atoms with van der Waals surface area (Å²) in [5.74, 6) is 1.12. The van der Waals surface area contributed by atoms with Crippen LogP contribution in [0.5, 0.6) is 11.5 Å². The number of benzene rings is 1. The first-order chi connectivity index (χ1) is 9.15. The van der Waals surface area contributed by atoms with Crippen LogP contribution in [0, 0.1) is 0 Å². The number of likely N-dealkylation sites (tertiary alicyclic amines) is 1. The van der Waals surface area contributed by atoms with Crippen LogP contribution in [-0.2, 0) is 16.1 Å². The van der Waals surface area contributed by atoms with Gasteiger partial charge >= 0.3 is 0 Å². The molecule has 1 aromatic rings. The molecule has 6 heteroatoms. The van der Waals surface area contributed by atoms with Crippen molar-refractivity contribution in [2.24, 2.45) is 0 Å². The van der Waals surface area contributed by atoms with Crippen molar-refractivity contribution in [1.29, 1.82) is 0 Å². The Labute approximate surface area is 110 Å². The van der Waals surface area contributed by atoms with Crippen molar-refractivity contribution in [3.05, 3.63) is 23.8 Å². The first-order valence-electron chi connectivity index (χ1n) is 6.07. The van der Waals surface area contributed by atoms with Crippen LogP contribution >= 0.6 is 0 Å². The molecular formula is C13H14N2O4. The number of nitrogens with one attached hydrogen (secondary N) is 1.